The maximum Gasteiger partial charge on any atom is 0.340 e. The number of aromatic nitrogens is 2. The first kappa shape index (κ1) is 16.3. The van der Waals surface area contributed by atoms with E-state index in [1.54, 1.807) is 12.4 Å². The normalized spacial score (nSPS) is 9.84. The third kappa shape index (κ3) is 3.88. The average molecular weight is 332 g/mol. The van der Waals surface area contributed by atoms with Gasteiger partial charge in [0.2, 0.25) is 0 Å². The van der Waals surface area contributed by atoms with E-state index < -0.39 is 11.8 Å². The van der Waals surface area contributed by atoms with Gasteiger partial charge < -0.3 is 4.74 Å². The molecule has 0 bridgehead atoms. The number of hydrogen-bond donors (Lipinski definition) is 0. The Hall–Kier alpha value is -3.52. The molecule has 5 heteroatoms. The molecule has 0 fully saturated rings. The van der Waals surface area contributed by atoms with E-state index in [0.29, 0.717) is 5.69 Å². The Bertz CT molecular complexity index is 958. The number of benzene rings is 1. The van der Waals surface area contributed by atoms with Crippen LogP contribution in [-0.2, 0) is 4.74 Å². The first-order valence-electron chi connectivity index (χ1n) is 7.44. The van der Waals surface area contributed by atoms with E-state index >= 15 is 0 Å². The molecule has 0 radical (unpaired) electrons. The van der Waals surface area contributed by atoms with Gasteiger partial charge in [0.1, 0.15) is 0 Å². The highest BCUT2D eigenvalue weighted by Gasteiger charge is 2.14. The van der Waals surface area contributed by atoms with E-state index in [1.165, 1.54) is 13.2 Å². The van der Waals surface area contributed by atoms with Crippen LogP contribution in [0.15, 0.2) is 61.1 Å². The first-order chi connectivity index (χ1) is 12.2. The number of carbonyl (C=O) groups excluding carboxylic acids is 1. The molecule has 3 rings (SSSR count). The highest BCUT2D eigenvalue weighted by molar-refractivity contribution is 5.90. The van der Waals surface area contributed by atoms with Crippen molar-refractivity contribution in [2.24, 2.45) is 0 Å². The van der Waals surface area contributed by atoms with Crippen LogP contribution in [0, 0.1) is 17.7 Å². The van der Waals surface area contributed by atoms with Gasteiger partial charge in [0.15, 0.2) is 5.82 Å². The lowest BCUT2D eigenvalue weighted by Crippen LogP contribution is -2.05. The fourth-order valence-corrected chi connectivity index (χ4v) is 2.17. The van der Waals surface area contributed by atoms with Crippen molar-refractivity contribution in [2.45, 2.75) is 0 Å². The zero-order chi connectivity index (χ0) is 17.6. The van der Waals surface area contributed by atoms with E-state index in [4.69, 9.17) is 0 Å². The topological polar surface area (TPSA) is 52.1 Å². The fraction of sp³-hybridized carbons (Fsp3) is 0.0500. The number of methoxy groups -OCH3 is 1. The molecule has 0 saturated heterocycles. The third-order valence-corrected chi connectivity index (χ3v) is 3.45. The van der Waals surface area contributed by atoms with Crippen LogP contribution in [0.4, 0.5) is 4.39 Å². The van der Waals surface area contributed by atoms with E-state index in [2.05, 4.69) is 26.5 Å². The summed E-state index contributed by atoms with van der Waals surface area (Å²) in [6.45, 7) is 0. The van der Waals surface area contributed by atoms with Crippen molar-refractivity contribution in [1.82, 2.24) is 9.97 Å². The van der Waals surface area contributed by atoms with Crippen LogP contribution in [-0.4, -0.2) is 23.0 Å². The Kier molecular flexibility index (Phi) is 4.82. The number of hydrogen-bond acceptors (Lipinski definition) is 4. The predicted molar refractivity (Wildman–Crippen MR) is 91.2 cm³/mol. The minimum absolute atomic E-state index is 0.145. The summed E-state index contributed by atoms with van der Waals surface area (Å²) in [7, 11) is 1.21. The Morgan fingerprint density at radius 2 is 1.84 bits per heavy atom. The lowest BCUT2D eigenvalue weighted by Gasteiger charge is -2.05. The van der Waals surface area contributed by atoms with Gasteiger partial charge in [-0.15, -0.1) is 0 Å². The largest absolute Gasteiger partial charge is 0.465 e. The Morgan fingerprint density at radius 3 is 2.52 bits per heavy atom. The van der Waals surface area contributed by atoms with Crippen molar-refractivity contribution in [1.29, 1.82) is 0 Å². The molecule has 4 nitrogen and oxygen atoms in total. The summed E-state index contributed by atoms with van der Waals surface area (Å²) >= 11 is 0. The standard InChI is InChI=1S/C20H13FN2O2/c1-25-20(24)17-11-19(23-13-18(17)21)16-8-6-14(7-9-16)4-5-15-3-2-10-22-12-15/h2-3,6-13H,1H3. The van der Waals surface area contributed by atoms with Crippen molar-refractivity contribution >= 4 is 5.97 Å². The highest BCUT2D eigenvalue weighted by atomic mass is 19.1. The second kappa shape index (κ2) is 7.37. The van der Waals surface area contributed by atoms with Crippen LogP contribution in [0.1, 0.15) is 21.5 Å². The van der Waals surface area contributed by atoms with Gasteiger partial charge in [0.25, 0.3) is 0 Å². The maximum atomic E-state index is 13.7. The van der Waals surface area contributed by atoms with Crippen LogP contribution in [0.25, 0.3) is 11.3 Å². The number of rotatable bonds is 2. The predicted octanol–water partition coefficient (Wildman–Crippen LogP) is 3.47. The molecule has 2 heterocycles. The molecule has 2 aromatic heterocycles. The zero-order valence-electron chi connectivity index (χ0n) is 13.4. The Morgan fingerprint density at radius 1 is 1.08 bits per heavy atom. The van der Waals surface area contributed by atoms with E-state index in [0.717, 1.165) is 22.9 Å². The van der Waals surface area contributed by atoms with E-state index in [9.17, 15) is 9.18 Å². The fourth-order valence-electron chi connectivity index (χ4n) is 2.17. The molecule has 0 saturated carbocycles. The Balaban J connectivity index is 1.86. The third-order valence-electron chi connectivity index (χ3n) is 3.45. The quantitative estimate of drug-likeness (QED) is 0.533. The van der Waals surface area contributed by atoms with Gasteiger partial charge in [-0.05, 0) is 30.3 Å². The molecule has 1 aromatic carbocycles. The monoisotopic (exact) mass is 332 g/mol. The molecule has 0 aliphatic rings. The molecule has 0 unspecified atom stereocenters. The second-order valence-corrected chi connectivity index (χ2v) is 5.11. The number of nitrogens with zero attached hydrogens (tertiary/aromatic N) is 2. The molecular weight excluding hydrogens is 319 g/mol. The number of pyridine rings is 2. The first-order valence-corrected chi connectivity index (χ1v) is 7.44. The average Bonchev–Trinajstić information content (AvgIpc) is 2.67. The lowest BCUT2D eigenvalue weighted by atomic mass is 10.1. The summed E-state index contributed by atoms with van der Waals surface area (Å²) < 4.78 is 18.2. The van der Waals surface area contributed by atoms with Crippen LogP contribution in [0.2, 0.25) is 0 Å². The molecule has 122 valence electrons. The highest BCUT2D eigenvalue weighted by Crippen LogP contribution is 2.20. The van der Waals surface area contributed by atoms with Crippen molar-refractivity contribution in [2.75, 3.05) is 7.11 Å². The van der Waals surface area contributed by atoms with Crippen molar-refractivity contribution in [3.05, 3.63) is 83.6 Å². The molecule has 0 spiro atoms. The van der Waals surface area contributed by atoms with Gasteiger partial charge in [0, 0.05) is 29.1 Å². The van der Waals surface area contributed by atoms with Gasteiger partial charge in [-0.1, -0.05) is 24.0 Å². The molecule has 0 amide bonds. The van der Waals surface area contributed by atoms with Crippen LogP contribution in [0.5, 0.6) is 0 Å². The van der Waals surface area contributed by atoms with Gasteiger partial charge in [-0.2, -0.15) is 0 Å². The van der Waals surface area contributed by atoms with Crippen molar-refractivity contribution in [3.63, 3.8) is 0 Å². The molecule has 25 heavy (non-hydrogen) atoms. The summed E-state index contributed by atoms with van der Waals surface area (Å²) in [5.74, 6) is 4.61. The molecule has 3 aromatic rings. The summed E-state index contributed by atoms with van der Waals surface area (Å²) in [4.78, 5) is 19.6. The van der Waals surface area contributed by atoms with Crippen LogP contribution in [0.3, 0.4) is 0 Å². The SMILES string of the molecule is COC(=O)c1cc(-c2ccc(C#Cc3cccnc3)cc2)ncc1F. The molecule has 0 atom stereocenters. The van der Waals surface area contributed by atoms with Crippen LogP contribution < -0.4 is 0 Å². The summed E-state index contributed by atoms with van der Waals surface area (Å²) in [5.41, 5.74) is 2.73. The molecule has 0 aliphatic carbocycles. The van der Waals surface area contributed by atoms with E-state index in [1.807, 2.05) is 36.4 Å². The smallest absolute Gasteiger partial charge is 0.340 e. The maximum absolute atomic E-state index is 13.7. The Labute approximate surface area is 144 Å². The number of ether oxygens (including phenoxy) is 1. The van der Waals surface area contributed by atoms with Gasteiger partial charge in [0.05, 0.1) is 24.6 Å². The van der Waals surface area contributed by atoms with Crippen LogP contribution >= 0.6 is 0 Å². The van der Waals surface area contributed by atoms with Gasteiger partial charge in [-0.3, -0.25) is 9.97 Å². The number of carbonyl (C=O) groups is 1. The summed E-state index contributed by atoms with van der Waals surface area (Å²) in [6.07, 6.45) is 4.40. The zero-order valence-corrected chi connectivity index (χ0v) is 13.4. The number of halogens is 1. The van der Waals surface area contributed by atoms with Gasteiger partial charge in [-0.25, -0.2) is 9.18 Å². The molecule has 0 N–H and O–H groups in total. The van der Waals surface area contributed by atoms with E-state index in [-0.39, 0.29) is 5.56 Å². The van der Waals surface area contributed by atoms with Crippen molar-refractivity contribution in [3.8, 4) is 23.1 Å². The summed E-state index contributed by atoms with van der Waals surface area (Å²) in [6, 6.07) is 12.4. The second-order valence-electron chi connectivity index (χ2n) is 5.11. The molecule has 0 aliphatic heterocycles. The molecular formula is C20H13FN2O2. The number of esters is 1. The summed E-state index contributed by atoms with van der Waals surface area (Å²) in [5, 5.41) is 0. The minimum Gasteiger partial charge on any atom is -0.465 e. The van der Waals surface area contributed by atoms with Crippen molar-refractivity contribution < 1.29 is 13.9 Å². The van der Waals surface area contributed by atoms with Gasteiger partial charge >= 0.3 is 5.97 Å². The lowest BCUT2D eigenvalue weighted by molar-refractivity contribution is 0.0595. The minimum atomic E-state index is -0.736.